The molecule has 60 valence electrons. The number of rotatable bonds is 0. The summed E-state index contributed by atoms with van der Waals surface area (Å²) >= 11 is 0. The second kappa shape index (κ2) is 2.82. The molecular weight excluding hydrogens is 136 g/mol. The quantitative estimate of drug-likeness (QED) is 0.561. The molecular formula is C10H14O. The molecule has 0 aromatic rings. The second-order valence-electron chi connectivity index (χ2n) is 3.47. The molecule has 11 heavy (non-hydrogen) atoms. The van der Waals surface area contributed by atoms with Gasteiger partial charge in [-0.2, -0.15) is 0 Å². The lowest BCUT2D eigenvalue weighted by atomic mass is 9.85. The summed E-state index contributed by atoms with van der Waals surface area (Å²) in [5.74, 6) is 0. The second-order valence-corrected chi connectivity index (χ2v) is 3.47. The number of allylic oxidation sites excluding steroid dienone is 3. The molecule has 0 amide bonds. The first-order chi connectivity index (χ1) is 5.36. The Morgan fingerprint density at radius 3 is 3.18 bits per heavy atom. The smallest absolute Gasteiger partial charge is 0.0583 e. The molecule has 2 aliphatic carbocycles. The summed E-state index contributed by atoms with van der Waals surface area (Å²) in [6.07, 6.45) is 9.78. The Hall–Kier alpha value is -0.560. The first kappa shape index (κ1) is 7.11. The topological polar surface area (TPSA) is 20.2 Å². The fourth-order valence-electron chi connectivity index (χ4n) is 1.96. The summed E-state index contributed by atoms with van der Waals surface area (Å²) in [6.45, 7) is 0. The SMILES string of the molecule is OC1CCC2=C(C=CCC2)C1. The average Bonchev–Trinajstić information content (AvgIpc) is 2.04. The van der Waals surface area contributed by atoms with Crippen LogP contribution >= 0.6 is 0 Å². The zero-order valence-corrected chi connectivity index (χ0v) is 6.71. The van der Waals surface area contributed by atoms with Crippen molar-refractivity contribution in [3.8, 4) is 0 Å². The Morgan fingerprint density at radius 1 is 1.36 bits per heavy atom. The lowest BCUT2D eigenvalue weighted by Gasteiger charge is -2.24. The van der Waals surface area contributed by atoms with Gasteiger partial charge in [0.2, 0.25) is 0 Å². The van der Waals surface area contributed by atoms with Crippen molar-refractivity contribution in [2.45, 2.75) is 38.2 Å². The van der Waals surface area contributed by atoms with Crippen LogP contribution in [0.15, 0.2) is 23.3 Å². The van der Waals surface area contributed by atoms with Gasteiger partial charge in [0.1, 0.15) is 0 Å². The molecule has 1 N–H and O–H groups in total. The molecule has 0 saturated heterocycles. The van der Waals surface area contributed by atoms with E-state index in [1.54, 1.807) is 5.57 Å². The number of hydrogen-bond acceptors (Lipinski definition) is 1. The van der Waals surface area contributed by atoms with Crippen LogP contribution in [0.2, 0.25) is 0 Å². The van der Waals surface area contributed by atoms with Crippen molar-refractivity contribution < 1.29 is 5.11 Å². The lowest BCUT2D eigenvalue weighted by Crippen LogP contribution is -2.15. The van der Waals surface area contributed by atoms with Crippen molar-refractivity contribution in [1.82, 2.24) is 0 Å². The fourth-order valence-corrected chi connectivity index (χ4v) is 1.96. The van der Waals surface area contributed by atoms with Gasteiger partial charge < -0.3 is 5.11 Å². The Morgan fingerprint density at radius 2 is 2.27 bits per heavy atom. The molecule has 0 aromatic heterocycles. The molecule has 2 aliphatic rings. The molecule has 0 spiro atoms. The van der Waals surface area contributed by atoms with Gasteiger partial charge in [-0.15, -0.1) is 0 Å². The highest BCUT2D eigenvalue weighted by Crippen LogP contribution is 2.31. The number of hydrogen-bond donors (Lipinski definition) is 1. The lowest BCUT2D eigenvalue weighted by molar-refractivity contribution is 0.158. The van der Waals surface area contributed by atoms with Crippen LogP contribution in [0.1, 0.15) is 32.1 Å². The maximum absolute atomic E-state index is 9.38. The zero-order chi connectivity index (χ0) is 7.68. The van der Waals surface area contributed by atoms with Gasteiger partial charge in [0.15, 0.2) is 0 Å². The standard InChI is InChI=1S/C10H14O/c11-10-6-5-8-3-1-2-4-9(8)7-10/h2,4,10-11H,1,3,5-7H2. The van der Waals surface area contributed by atoms with Gasteiger partial charge >= 0.3 is 0 Å². The van der Waals surface area contributed by atoms with Crippen LogP contribution in [0.4, 0.5) is 0 Å². The molecule has 0 bridgehead atoms. The van der Waals surface area contributed by atoms with Crippen molar-refractivity contribution in [2.24, 2.45) is 0 Å². The third-order valence-electron chi connectivity index (χ3n) is 2.62. The predicted molar refractivity (Wildman–Crippen MR) is 45.3 cm³/mol. The van der Waals surface area contributed by atoms with Gasteiger partial charge in [-0.3, -0.25) is 0 Å². The molecule has 1 nitrogen and oxygen atoms in total. The highest BCUT2D eigenvalue weighted by molar-refractivity contribution is 5.31. The largest absolute Gasteiger partial charge is 0.393 e. The molecule has 0 heterocycles. The van der Waals surface area contributed by atoms with Crippen molar-refractivity contribution in [3.05, 3.63) is 23.3 Å². The molecule has 1 heteroatoms. The average molecular weight is 150 g/mol. The minimum atomic E-state index is -0.0727. The van der Waals surface area contributed by atoms with E-state index in [0.29, 0.717) is 0 Å². The zero-order valence-electron chi connectivity index (χ0n) is 6.71. The summed E-state index contributed by atoms with van der Waals surface area (Å²) < 4.78 is 0. The van der Waals surface area contributed by atoms with Crippen LogP contribution in [0, 0.1) is 0 Å². The predicted octanol–water partition coefficient (Wildman–Crippen LogP) is 2.18. The Labute approximate surface area is 67.4 Å². The van der Waals surface area contributed by atoms with Crippen molar-refractivity contribution in [1.29, 1.82) is 0 Å². The van der Waals surface area contributed by atoms with Crippen LogP contribution in [0.25, 0.3) is 0 Å². The van der Waals surface area contributed by atoms with Crippen LogP contribution in [0.5, 0.6) is 0 Å². The van der Waals surface area contributed by atoms with E-state index in [1.807, 2.05) is 0 Å². The summed E-state index contributed by atoms with van der Waals surface area (Å²) in [5.41, 5.74) is 3.01. The molecule has 0 aromatic carbocycles. The third kappa shape index (κ3) is 1.38. The van der Waals surface area contributed by atoms with Crippen LogP contribution < -0.4 is 0 Å². The number of aliphatic hydroxyl groups excluding tert-OH is 1. The summed E-state index contributed by atoms with van der Waals surface area (Å²) in [6, 6.07) is 0. The van der Waals surface area contributed by atoms with Gasteiger partial charge in [-0.05, 0) is 37.7 Å². The van der Waals surface area contributed by atoms with Crippen molar-refractivity contribution >= 4 is 0 Å². The molecule has 0 radical (unpaired) electrons. The van der Waals surface area contributed by atoms with E-state index in [-0.39, 0.29) is 6.10 Å². The van der Waals surface area contributed by atoms with Gasteiger partial charge in [-0.1, -0.05) is 17.7 Å². The minimum absolute atomic E-state index is 0.0727. The maximum Gasteiger partial charge on any atom is 0.0583 e. The molecule has 2 rings (SSSR count). The van der Waals surface area contributed by atoms with E-state index in [0.717, 1.165) is 19.3 Å². The minimum Gasteiger partial charge on any atom is -0.393 e. The van der Waals surface area contributed by atoms with Crippen LogP contribution in [-0.4, -0.2) is 11.2 Å². The Balaban J connectivity index is 2.19. The summed E-state index contributed by atoms with van der Waals surface area (Å²) in [7, 11) is 0. The highest BCUT2D eigenvalue weighted by atomic mass is 16.3. The van der Waals surface area contributed by atoms with E-state index in [4.69, 9.17) is 0 Å². The Bertz CT molecular complexity index is 213. The first-order valence-corrected chi connectivity index (χ1v) is 4.42. The highest BCUT2D eigenvalue weighted by Gasteiger charge is 2.18. The fraction of sp³-hybridized carbons (Fsp3) is 0.600. The Kier molecular flexibility index (Phi) is 1.82. The normalized spacial score (nSPS) is 30.5. The molecule has 0 fully saturated rings. The third-order valence-corrected chi connectivity index (χ3v) is 2.62. The van der Waals surface area contributed by atoms with Crippen LogP contribution in [-0.2, 0) is 0 Å². The number of aliphatic hydroxyl groups is 1. The first-order valence-electron chi connectivity index (χ1n) is 4.42. The molecule has 0 aliphatic heterocycles. The molecule has 1 unspecified atom stereocenters. The molecule has 1 atom stereocenters. The van der Waals surface area contributed by atoms with Crippen molar-refractivity contribution in [3.63, 3.8) is 0 Å². The van der Waals surface area contributed by atoms with Gasteiger partial charge in [0, 0.05) is 0 Å². The van der Waals surface area contributed by atoms with E-state index in [2.05, 4.69) is 12.2 Å². The maximum atomic E-state index is 9.38. The van der Waals surface area contributed by atoms with E-state index in [9.17, 15) is 5.11 Å². The van der Waals surface area contributed by atoms with E-state index in [1.165, 1.54) is 18.4 Å². The summed E-state index contributed by atoms with van der Waals surface area (Å²) in [5, 5.41) is 9.38. The van der Waals surface area contributed by atoms with Gasteiger partial charge in [-0.25, -0.2) is 0 Å². The van der Waals surface area contributed by atoms with Crippen LogP contribution in [0.3, 0.4) is 0 Å². The monoisotopic (exact) mass is 150 g/mol. The van der Waals surface area contributed by atoms with E-state index < -0.39 is 0 Å². The van der Waals surface area contributed by atoms with Gasteiger partial charge in [0.05, 0.1) is 6.10 Å². The van der Waals surface area contributed by atoms with Gasteiger partial charge in [0.25, 0.3) is 0 Å². The van der Waals surface area contributed by atoms with E-state index >= 15 is 0 Å². The summed E-state index contributed by atoms with van der Waals surface area (Å²) in [4.78, 5) is 0. The van der Waals surface area contributed by atoms with Crippen molar-refractivity contribution in [2.75, 3.05) is 0 Å². The molecule has 0 saturated carbocycles.